The number of hydrogen-bond acceptors (Lipinski definition) is 2. The lowest BCUT2D eigenvalue weighted by atomic mass is 9.44. The van der Waals surface area contributed by atoms with Gasteiger partial charge in [0, 0.05) is 6.10 Å². The van der Waals surface area contributed by atoms with Crippen LogP contribution in [0, 0.1) is 34.5 Å². The van der Waals surface area contributed by atoms with Crippen molar-refractivity contribution in [1.82, 2.24) is 0 Å². The van der Waals surface area contributed by atoms with E-state index in [9.17, 15) is 0 Å². The fraction of sp³-hybridized carbons (Fsp3) is 1.00. The van der Waals surface area contributed by atoms with E-state index in [4.69, 9.17) is 8.85 Å². The molecule has 4 fully saturated rings. The van der Waals surface area contributed by atoms with Crippen molar-refractivity contribution >= 4 is 16.6 Å². The molecule has 4 heteroatoms. The van der Waals surface area contributed by atoms with Gasteiger partial charge in [0.15, 0.2) is 16.6 Å². The minimum Gasteiger partial charge on any atom is -0.415 e. The molecule has 0 bridgehead atoms. The third-order valence-corrected chi connectivity index (χ3v) is 12.3. The first-order valence-corrected chi connectivity index (χ1v) is 19.9. The number of fused-ring (bicyclic) bond motifs is 5. The molecule has 8 atom stereocenters. The third kappa shape index (κ3) is 3.94. The van der Waals surface area contributed by atoms with Crippen molar-refractivity contribution < 1.29 is 8.85 Å². The van der Waals surface area contributed by atoms with E-state index < -0.39 is 16.6 Å². The molecule has 5 unspecified atom stereocenters. The van der Waals surface area contributed by atoms with Crippen LogP contribution in [0.1, 0.15) is 78.6 Å². The Labute approximate surface area is 189 Å². The monoisotopic (exact) mass is 450 g/mol. The molecule has 0 radical (unpaired) electrons. The summed E-state index contributed by atoms with van der Waals surface area (Å²) in [6, 6.07) is 0. The molecule has 4 rings (SSSR count). The van der Waals surface area contributed by atoms with Crippen LogP contribution in [0.2, 0.25) is 39.3 Å². The van der Waals surface area contributed by atoms with Gasteiger partial charge in [-0.05, 0) is 138 Å². The average molecular weight is 451 g/mol. The molecule has 174 valence electrons. The molecular formula is C26H50O2Si2. The fourth-order valence-corrected chi connectivity index (χ4v) is 11.8. The predicted octanol–water partition coefficient (Wildman–Crippen LogP) is 7.86. The first-order chi connectivity index (χ1) is 13.7. The van der Waals surface area contributed by atoms with E-state index in [0.717, 1.165) is 23.7 Å². The van der Waals surface area contributed by atoms with E-state index in [1.807, 2.05) is 0 Å². The summed E-state index contributed by atoms with van der Waals surface area (Å²) in [6.45, 7) is 22.0. The molecule has 0 saturated heterocycles. The first kappa shape index (κ1) is 23.5. The second-order valence-electron chi connectivity index (χ2n) is 14.2. The average Bonchev–Trinajstić information content (AvgIpc) is 2.83. The van der Waals surface area contributed by atoms with Crippen LogP contribution in [0.4, 0.5) is 0 Å². The normalized spacial score (nSPS) is 49.3. The molecule has 0 aliphatic heterocycles. The van der Waals surface area contributed by atoms with Crippen LogP contribution < -0.4 is 0 Å². The Morgan fingerprint density at radius 3 is 2.00 bits per heavy atom. The maximum atomic E-state index is 6.96. The molecule has 0 aromatic rings. The Hall–Kier alpha value is 0.354. The summed E-state index contributed by atoms with van der Waals surface area (Å²) >= 11 is 0. The van der Waals surface area contributed by atoms with Crippen molar-refractivity contribution in [3.05, 3.63) is 0 Å². The van der Waals surface area contributed by atoms with Gasteiger partial charge in [0.25, 0.3) is 0 Å². The summed E-state index contributed by atoms with van der Waals surface area (Å²) in [7, 11) is -2.98. The van der Waals surface area contributed by atoms with E-state index in [1.165, 1.54) is 57.8 Å². The number of hydrogen-bond donors (Lipinski definition) is 0. The van der Waals surface area contributed by atoms with Crippen LogP contribution in [0.15, 0.2) is 0 Å². The SMILES string of the molecule is CC12CC[C@H](O[Si](C)(C)C)C[C@H]1CCC1C2CCC2(C)C1CC[C@@]2(C)O[Si](C)(C)C. The van der Waals surface area contributed by atoms with Gasteiger partial charge < -0.3 is 8.85 Å². The summed E-state index contributed by atoms with van der Waals surface area (Å²) in [5.41, 5.74) is 1.05. The minimum atomic E-state index is -1.54. The molecule has 4 aliphatic rings. The molecule has 4 saturated carbocycles. The molecule has 0 amide bonds. The lowest BCUT2D eigenvalue weighted by Gasteiger charge is -2.62. The smallest absolute Gasteiger partial charge is 0.184 e. The Balaban J connectivity index is 1.52. The van der Waals surface area contributed by atoms with Gasteiger partial charge in [-0.1, -0.05) is 13.8 Å². The van der Waals surface area contributed by atoms with Gasteiger partial charge >= 0.3 is 0 Å². The van der Waals surface area contributed by atoms with E-state index in [0.29, 0.717) is 16.9 Å². The van der Waals surface area contributed by atoms with Gasteiger partial charge in [-0.3, -0.25) is 0 Å². The molecule has 4 aliphatic carbocycles. The summed E-state index contributed by atoms with van der Waals surface area (Å²) in [5, 5.41) is 0. The van der Waals surface area contributed by atoms with Crippen molar-refractivity contribution in [1.29, 1.82) is 0 Å². The Morgan fingerprint density at radius 1 is 0.700 bits per heavy atom. The van der Waals surface area contributed by atoms with Crippen molar-refractivity contribution in [3.8, 4) is 0 Å². The van der Waals surface area contributed by atoms with E-state index >= 15 is 0 Å². The second kappa shape index (κ2) is 7.43. The fourth-order valence-electron chi connectivity index (χ4n) is 8.89. The zero-order valence-electron chi connectivity index (χ0n) is 21.6. The zero-order chi connectivity index (χ0) is 22.2. The Kier molecular flexibility index (Phi) is 5.82. The molecule has 0 spiro atoms. The van der Waals surface area contributed by atoms with E-state index in [-0.39, 0.29) is 5.60 Å². The highest BCUT2D eigenvalue weighted by Crippen LogP contribution is 2.69. The van der Waals surface area contributed by atoms with Gasteiger partial charge in [0.05, 0.1) is 5.60 Å². The largest absolute Gasteiger partial charge is 0.415 e. The summed E-state index contributed by atoms with van der Waals surface area (Å²) in [6.07, 6.45) is 13.0. The lowest BCUT2D eigenvalue weighted by molar-refractivity contribution is -0.148. The summed E-state index contributed by atoms with van der Waals surface area (Å²) < 4.78 is 13.6. The van der Waals surface area contributed by atoms with Crippen molar-refractivity contribution in [3.63, 3.8) is 0 Å². The Bertz CT molecular complexity index is 652. The maximum absolute atomic E-state index is 6.96. The standard InChI is InChI=1S/C26H50O2Si2/c1-24-15-12-20(27-29(4,5)6)18-19(24)10-11-21-22(24)13-16-25(2)23(21)14-17-26(25,3)28-30(7,8)9/h19-23H,10-18H2,1-9H3/t19-,20+,21?,22?,23?,24?,25?,26-/m1/s1. The van der Waals surface area contributed by atoms with Crippen molar-refractivity contribution in [2.24, 2.45) is 34.5 Å². The minimum absolute atomic E-state index is 0.105. The van der Waals surface area contributed by atoms with Gasteiger partial charge in [0.1, 0.15) is 0 Å². The van der Waals surface area contributed by atoms with Crippen LogP contribution in [0.25, 0.3) is 0 Å². The van der Waals surface area contributed by atoms with Crippen LogP contribution in [-0.4, -0.2) is 28.3 Å². The molecule has 0 heterocycles. The first-order valence-electron chi connectivity index (χ1n) is 13.0. The van der Waals surface area contributed by atoms with Gasteiger partial charge in [-0.15, -0.1) is 0 Å². The molecule has 2 nitrogen and oxygen atoms in total. The predicted molar refractivity (Wildman–Crippen MR) is 133 cm³/mol. The maximum Gasteiger partial charge on any atom is 0.184 e. The van der Waals surface area contributed by atoms with Crippen LogP contribution in [0.3, 0.4) is 0 Å². The zero-order valence-corrected chi connectivity index (χ0v) is 23.6. The highest BCUT2D eigenvalue weighted by Gasteiger charge is 2.64. The molecule has 0 aromatic carbocycles. The summed E-state index contributed by atoms with van der Waals surface area (Å²) in [4.78, 5) is 0. The van der Waals surface area contributed by atoms with Crippen LogP contribution in [-0.2, 0) is 8.85 Å². The quantitative estimate of drug-likeness (QED) is 0.406. The topological polar surface area (TPSA) is 18.5 Å². The lowest BCUT2D eigenvalue weighted by Crippen LogP contribution is -2.58. The molecular weight excluding hydrogens is 400 g/mol. The van der Waals surface area contributed by atoms with E-state index in [2.05, 4.69) is 60.1 Å². The number of rotatable bonds is 4. The third-order valence-electron chi connectivity index (χ3n) is 10.2. The van der Waals surface area contributed by atoms with Crippen molar-refractivity contribution in [2.75, 3.05) is 0 Å². The molecule has 30 heavy (non-hydrogen) atoms. The highest BCUT2D eigenvalue weighted by molar-refractivity contribution is 6.70. The summed E-state index contributed by atoms with van der Waals surface area (Å²) in [5.74, 6) is 3.65. The molecule has 0 aromatic heterocycles. The Morgan fingerprint density at radius 2 is 1.37 bits per heavy atom. The van der Waals surface area contributed by atoms with Gasteiger partial charge in [0.2, 0.25) is 0 Å². The second-order valence-corrected chi connectivity index (χ2v) is 23.1. The van der Waals surface area contributed by atoms with Crippen molar-refractivity contribution in [2.45, 2.75) is 130 Å². The molecule has 0 N–H and O–H groups in total. The van der Waals surface area contributed by atoms with Crippen LogP contribution in [0.5, 0.6) is 0 Å². The highest BCUT2D eigenvalue weighted by atomic mass is 28.4. The van der Waals surface area contributed by atoms with Gasteiger partial charge in [-0.25, -0.2) is 0 Å². The van der Waals surface area contributed by atoms with E-state index in [1.54, 1.807) is 0 Å². The van der Waals surface area contributed by atoms with Gasteiger partial charge in [-0.2, -0.15) is 0 Å². The van der Waals surface area contributed by atoms with Crippen LogP contribution >= 0.6 is 0 Å².